The number of nitrogens with one attached hydrogen (secondary N) is 1. The maximum Gasteiger partial charge on any atom is 0.245 e. The number of nitrogen functional groups attached to an aromatic ring is 1. The first-order valence-corrected chi connectivity index (χ1v) is 9.14. The Labute approximate surface area is 158 Å². The minimum atomic E-state index is -0.814. The SMILES string of the molecule is CCC(=O)N[C@@H](C(=O)N1CCN(C)CC1)[C@@H](C)c1ccc(N)c(F)c1Cl. The Morgan fingerprint density at radius 2 is 1.92 bits per heavy atom. The number of carbonyl (C=O) groups is 2. The van der Waals surface area contributed by atoms with Crippen molar-refractivity contribution in [2.75, 3.05) is 39.0 Å². The highest BCUT2D eigenvalue weighted by Crippen LogP contribution is 2.32. The molecule has 6 nitrogen and oxygen atoms in total. The van der Waals surface area contributed by atoms with Crippen molar-refractivity contribution in [2.24, 2.45) is 0 Å². The molecule has 1 aromatic carbocycles. The van der Waals surface area contributed by atoms with Crippen LogP contribution >= 0.6 is 11.6 Å². The van der Waals surface area contributed by atoms with Gasteiger partial charge in [0, 0.05) is 38.5 Å². The van der Waals surface area contributed by atoms with Crippen LogP contribution in [-0.4, -0.2) is 60.9 Å². The highest BCUT2D eigenvalue weighted by atomic mass is 35.5. The Morgan fingerprint density at radius 3 is 2.50 bits per heavy atom. The Morgan fingerprint density at radius 1 is 1.31 bits per heavy atom. The second-order valence-electron chi connectivity index (χ2n) is 6.69. The molecule has 0 saturated carbocycles. The van der Waals surface area contributed by atoms with Gasteiger partial charge in [-0.15, -0.1) is 0 Å². The predicted molar refractivity (Wildman–Crippen MR) is 101 cm³/mol. The van der Waals surface area contributed by atoms with Crippen LogP contribution in [0.3, 0.4) is 0 Å². The minimum absolute atomic E-state index is 0.0505. The number of benzene rings is 1. The van der Waals surface area contributed by atoms with Crippen molar-refractivity contribution in [3.63, 3.8) is 0 Å². The molecule has 1 fully saturated rings. The Hall–Kier alpha value is -1.86. The molecular formula is C18H26ClFN4O2. The lowest BCUT2D eigenvalue weighted by Gasteiger charge is -2.36. The van der Waals surface area contributed by atoms with E-state index in [0.717, 1.165) is 13.1 Å². The molecule has 0 bridgehead atoms. The van der Waals surface area contributed by atoms with Crippen molar-refractivity contribution < 1.29 is 14.0 Å². The van der Waals surface area contributed by atoms with Gasteiger partial charge in [-0.2, -0.15) is 0 Å². The van der Waals surface area contributed by atoms with E-state index in [-0.39, 0.29) is 28.9 Å². The Kier molecular flexibility index (Phi) is 6.83. The molecule has 1 aromatic rings. The third-order valence-electron chi connectivity index (χ3n) is 4.85. The summed E-state index contributed by atoms with van der Waals surface area (Å²) >= 11 is 6.12. The van der Waals surface area contributed by atoms with Crippen LogP contribution in [0.15, 0.2) is 12.1 Å². The fourth-order valence-corrected chi connectivity index (χ4v) is 3.35. The van der Waals surface area contributed by atoms with Crippen molar-refractivity contribution in [1.82, 2.24) is 15.1 Å². The maximum atomic E-state index is 14.1. The summed E-state index contributed by atoms with van der Waals surface area (Å²) in [5.74, 6) is -1.62. The highest BCUT2D eigenvalue weighted by Gasteiger charge is 2.34. The van der Waals surface area contributed by atoms with E-state index in [2.05, 4.69) is 10.2 Å². The van der Waals surface area contributed by atoms with Gasteiger partial charge < -0.3 is 20.9 Å². The summed E-state index contributed by atoms with van der Waals surface area (Å²) in [5.41, 5.74) is 5.94. The standard InChI is InChI=1S/C18H26ClFN4O2/c1-4-14(25)22-17(18(26)24-9-7-23(3)8-10-24)11(2)12-5-6-13(21)16(20)15(12)19/h5-6,11,17H,4,7-10,21H2,1-3H3,(H,22,25)/t11-,17+/m0/s1. The zero-order valence-corrected chi connectivity index (χ0v) is 16.1. The Bertz CT molecular complexity index is 677. The number of carbonyl (C=O) groups excluding carboxylic acids is 2. The summed E-state index contributed by atoms with van der Waals surface area (Å²) in [7, 11) is 2.00. The van der Waals surface area contributed by atoms with E-state index in [1.807, 2.05) is 7.05 Å². The van der Waals surface area contributed by atoms with Crippen molar-refractivity contribution in [1.29, 1.82) is 0 Å². The van der Waals surface area contributed by atoms with Crippen molar-refractivity contribution in [2.45, 2.75) is 32.2 Å². The van der Waals surface area contributed by atoms with Crippen LogP contribution in [0.1, 0.15) is 31.7 Å². The van der Waals surface area contributed by atoms with Gasteiger partial charge in [-0.1, -0.05) is 31.5 Å². The van der Waals surface area contributed by atoms with Crippen LogP contribution in [0.2, 0.25) is 5.02 Å². The van der Waals surface area contributed by atoms with Crippen LogP contribution in [0.4, 0.5) is 10.1 Å². The number of nitrogens with zero attached hydrogens (tertiary/aromatic N) is 2. The van der Waals surface area contributed by atoms with Crippen LogP contribution < -0.4 is 11.1 Å². The lowest BCUT2D eigenvalue weighted by Crippen LogP contribution is -2.55. The molecule has 2 rings (SSSR count). The zero-order valence-electron chi connectivity index (χ0n) is 15.4. The Balaban J connectivity index is 2.30. The number of hydrogen-bond donors (Lipinski definition) is 2. The second kappa shape index (κ2) is 8.68. The predicted octanol–water partition coefficient (Wildman–Crippen LogP) is 1.83. The number of halogens is 2. The van der Waals surface area contributed by atoms with Gasteiger partial charge >= 0.3 is 0 Å². The molecule has 1 heterocycles. The first kappa shape index (κ1) is 20.5. The van der Waals surface area contributed by atoms with Crippen LogP contribution in [0.25, 0.3) is 0 Å². The summed E-state index contributed by atoms with van der Waals surface area (Å²) < 4.78 is 14.1. The first-order valence-electron chi connectivity index (χ1n) is 8.76. The quantitative estimate of drug-likeness (QED) is 0.759. The average Bonchev–Trinajstić information content (AvgIpc) is 2.63. The van der Waals surface area contributed by atoms with E-state index in [1.54, 1.807) is 24.8 Å². The second-order valence-corrected chi connectivity index (χ2v) is 7.07. The van der Waals surface area contributed by atoms with Gasteiger partial charge in [0.1, 0.15) is 6.04 Å². The lowest BCUT2D eigenvalue weighted by molar-refractivity contribution is -0.138. The third kappa shape index (κ3) is 4.45. The van der Waals surface area contributed by atoms with E-state index < -0.39 is 17.8 Å². The monoisotopic (exact) mass is 384 g/mol. The summed E-state index contributed by atoms with van der Waals surface area (Å²) in [6.07, 6.45) is 0.253. The zero-order chi connectivity index (χ0) is 19.4. The molecule has 0 aromatic heterocycles. The number of rotatable bonds is 5. The molecule has 1 aliphatic rings. The van der Waals surface area contributed by atoms with Gasteiger partial charge in [0.15, 0.2) is 5.82 Å². The molecule has 144 valence electrons. The average molecular weight is 385 g/mol. The van der Waals surface area contributed by atoms with Gasteiger partial charge in [0.05, 0.1) is 10.7 Å². The van der Waals surface area contributed by atoms with E-state index in [4.69, 9.17) is 17.3 Å². The smallest absolute Gasteiger partial charge is 0.245 e. The number of hydrogen-bond acceptors (Lipinski definition) is 4. The number of piperazine rings is 1. The first-order chi connectivity index (χ1) is 12.3. The largest absolute Gasteiger partial charge is 0.396 e. The fourth-order valence-electron chi connectivity index (χ4n) is 3.01. The van der Waals surface area contributed by atoms with Crippen LogP contribution in [0.5, 0.6) is 0 Å². The van der Waals surface area contributed by atoms with Crippen molar-refractivity contribution in [3.05, 3.63) is 28.5 Å². The molecule has 8 heteroatoms. The van der Waals surface area contributed by atoms with Crippen LogP contribution in [0, 0.1) is 5.82 Å². The highest BCUT2D eigenvalue weighted by molar-refractivity contribution is 6.31. The fraction of sp³-hybridized carbons (Fsp3) is 0.556. The molecule has 0 spiro atoms. The number of likely N-dealkylation sites (N-methyl/N-ethyl adjacent to an activating group) is 1. The number of nitrogens with two attached hydrogens (primary N) is 1. The van der Waals surface area contributed by atoms with Gasteiger partial charge in [-0.3, -0.25) is 9.59 Å². The van der Waals surface area contributed by atoms with Crippen LogP contribution in [-0.2, 0) is 9.59 Å². The molecule has 2 atom stereocenters. The summed E-state index contributed by atoms with van der Waals surface area (Å²) in [4.78, 5) is 28.9. The molecule has 3 N–H and O–H groups in total. The summed E-state index contributed by atoms with van der Waals surface area (Å²) in [6.45, 7) is 6.19. The van der Waals surface area contributed by atoms with E-state index >= 15 is 0 Å². The maximum absolute atomic E-state index is 14.1. The van der Waals surface area contributed by atoms with Gasteiger partial charge in [-0.25, -0.2) is 4.39 Å². The minimum Gasteiger partial charge on any atom is -0.396 e. The van der Waals surface area contributed by atoms with Gasteiger partial charge in [-0.05, 0) is 18.7 Å². The normalized spacial score (nSPS) is 17.7. The molecule has 2 amide bonds. The molecule has 1 saturated heterocycles. The van der Waals surface area contributed by atoms with E-state index in [9.17, 15) is 14.0 Å². The molecular weight excluding hydrogens is 359 g/mol. The molecule has 0 unspecified atom stereocenters. The summed E-state index contributed by atoms with van der Waals surface area (Å²) in [6, 6.07) is 2.21. The number of anilines is 1. The van der Waals surface area contributed by atoms with E-state index in [1.165, 1.54) is 6.07 Å². The summed E-state index contributed by atoms with van der Waals surface area (Å²) in [5, 5.41) is 2.67. The lowest BCUT2D eigenvalue weighted by atomic mass is 9.91. The molecule has 0 aliphatic carbocycles. The van der Waals surface area contributed by atoms with E-state index in [0.29, 0.717) is 18.7 Å². The van der Waals surface area contributed by atoms with Crippen molar-refractivity contribution in [3.8, 4) is 0 Å². The number of amides is 2. The van der Waals surface area contributed by atoms with Crippen molar-refractivity contribution >= 4 is 29.1 Å². The van der Waals surface area contributed by atoms with Gasteiger partial charge in [0.2, 0.25) is 11.8 Å². The molecule has 0 radical (unpaired) electrons. The molecule has 26 heavy (non-hydrogen) atoms. The third-order valence-corrected chi connectivity index (χ3v) is 5.24. The topological polar surface area (TPSA) is 78.7 Å². The van der Waals surface area contributed by atoms with Gasteiger partial charge in [0.25, 0.3) is 0 Å². The molecule has 1 aliphatic heterocycles.